The molecule has 0 aromatic carbocycles. The van der Waals surface area contributed by atoms with Crippen molar-refractivity contribution in [3.63, 3.8) is 0 Å². The molecule has 0 N–H and O–H groups in total. The van der Waals surface area contributed by atoms with Gasteiger partial charge in [-0.3, -0.25) is 9.59 Å². The number of hydrogen-bond donors (Lipinski definition) is 0. The predicted octanol–water partition coefficient (Wildman–Crippen LogP) is 4.86. The monoisotopic (exact) mass is 344 g/mol. The van der Waals surface area contributed by atoms with Crippen LogP contribution in [-0.4, -0.2) is 19.4 Å². The lowest BCUT2D eigenvalue weighted by atomic mass is 9.52. The summed E-state index contributed by atoms with van der Waals surface area (Å²) in [5.74, 6) is 1.19. The molecule has 3 rings (SSSR count). The largest absolute Gasteiger partial charge is 0.468 e. The van der Waals surface area contributed by atoms with Crippen LogP contribution in [0.5, 0.6) is 0 Å². The number of ether oxygens (including phenoxy) is 1. The number of aldehydes is 1. The van der Waals surface area contributed by atoms with Gasteiger partial charge in [0, 0.05) is 0 Å². The molecule has 1 unspecified atom stereocenters. The molecule has 3 aliphatic carbocycles. The van der Waals surface area contributed by atoms with Gasteiger partial charge in [0.15, 0.2) is 0 Å². The lowest BCUT2D eigenvalue weighted by Gasteiger charge is -2.52. The molecule has 0 heterocycles. The Bertz CT molecular complexity index is 642. The van der Waals surface area contributed by atoms with Crippen molar-refractivity contribution in [2.45, 2.75) is 66.2 Å². The Hall–Kier alpha value is -1.38. The summed E-state index contributed by atoms with van der Waals surface area (Å²) in [4.78, 5) is 24.3. The fraction of sp³-hybridized carbons (Fsp3) is 0.727. The summed E-state index contributed by atoms with van der Waals surface area (Å²) in [5.41, 5.74) is 3.49. The number of hydrogen-bond acceptors (Lipinski definition) is 3. The van der Waals surface area contributed by atoms with Crippen LogP contribution in [0, 0.1) is 28.6 Å². The Morgan fingerprint density at radius 3 is 2.64 bits per heavy atom. The van der Waals surface area contributed by atoms with Gasteiger partial charge in [0.2, 0.25) is 0 Å². The first-order chi connectivity index (χ1) is 11.8. The highest BCUT2D eigenvalue weighted by Crippen LogP contribution is 2.64. The maximum Gasteiger partial charge on any atom is 0.315 e. The van der Waals surface area contributed by atoms with E-state index in [1.165, 1.54) is 18.3 Å². The molecule has 0 aromatic rings. The second-order valence-corrected chi connectivity index (χ2v) is 8.96. The van der Waals surface area contributed by atoms with Crippen LogP contribution in [-0.2, 0) is 14.3 Å². The zero-order valence-corrected chi connectivity index (χ0v) is 16.4. The Morgan fingerprint density at radius 2 is 2.04 bits per heavy atom. The van der Waals surface area contributed by atoms with Crippen molar-refractivity contribution < 1.29 is 14.3 Å². The van der Waals surface area contributed by atoms with E-state index < -0.39 is 5.41 Å². The van der Waals surface area contributed by atoms with Crippen LogP contribution in [0.25, 0.3) is 0 Å². The minimum absolute atomic E-state index is 0.0447. The molecule has 0 amide bonds. The van der Waals surface area contributed by atoms with Crippen LogP contribution in [0.2, 0.25) is 0 Å². The van der Waals surface area contributed by atoms with Crippen LogP contribution >= 0.6 is 0 Å². The first-order valence-electron chi connectivity index (χ1n) is 9.76. The number of methoxy groups -OCH3 is 1. The molecule has 0 saturated heterocycles. The Labute approximate surface area is 151 Å². The molecule has 0 radical (unpaired) electrons. The van der Waals surface area contributed by atoms with Gasteiger partial charge in [-0.1, -0.05) is 39.3 Å². The third kappa shape index (κ3) is 2.62. The van der Waals surface area contributed by atoms with Crippen LogP contribution in [0.15, 0.2) is 22.8 Å². The minimum Gasteiger partial charge on any atom is -0.468 e. The molecule has 0 aromatic heterocycles. The lowest BCUT2D eigenvalue weighted by Crippen LogP contribution is -2.47. The normalized spacial score (nSPS) is 37.9. The maximum absolute atomic E-state index is 12.9. The van der Waals surface area contributed by atoms with E-state index in [0.717, 1.165) is 50.4 Å². The number of carbonyl (C=O) groups excluding carboxylic acids is 2. The molecule has 3 nitrogen and oxygen atoms in total. The number of fused-ring (bicyclic) bond motifs is 3. The van der Waals surface area contributed by atoms with E-state index in [4.69, 9.17) is 4.74 Å². The molecular formula is C22H32O3. The number of rotatable bonds is 3. The van der Waals surface area contributed by atoms with E-state index in [1.54, 1.807) is 0 Å². The SMILES string of the molecule is COC(=O)[C@@]12CCC(C(C)C)=C1[C@@H]1CC=C(C=O)CC(C)[C@@]1(C)CC2. The highest BCUT2D eigenvalue weighted by Gasteiger charge is 2.59. The standard InChI is InChI=1S/C22H32O3/c1-14(2)17-8-9-22(20(24)25-5)11-10-21(4)15(3)12-16(13-23)6-7-18(21)19(17)22/h6,13-15,18H,7-12H2,1-5H3/t15?,18-,21+,22+/m0/s1. The molecule has 0 aliphatic heterocycles. The molecule has 3 heteroatoms. The molecule has 4 atom stereocenters. The van der Waals surface area contributed by atoms with E-state index in [2.05, 4.69) is 33.8 Å². The molecule has 0 spiro atoms. The van der Waals surface area contributed by atoms with Gasteiger partial charge in [-0.2, -0.15) is 0 Å². The van der Waals surface area contributed by atoms with E-state index in [1.807, 2.05) is 0 Å². The Morgan fingerprint density at radius 1 is 1.32 bits per heavy atom. The van der Waals surface area contributed by atoms with Crippen molar-refractivity contribution in [3.05, 3.63) is 22.8 Å². The summed E-state index contributed by atoms with van der Waals surface area (Å²) in [7, 11) is 1.52. The summed E-state index contributed by atoms with van der Waals surface area (Å²) in [6.07, 6.45) is 8.71. The van der Waals surface area contributed by atoms with Crippen molar-refractivity contribution >= 4 is 12.3 Å². The summed E-state index contributed by atoms with van der Waals surface area (Å²) in [6.45, 7) is 9.16. The van der Waals surface area contributed by atoms with Gasteiger partial charge in [0.25, 0.3) is 0 Å². The first-order valence-corrected chi connectivity index (χ1v) is 9.76. The van der Waals surface area contributed by atoms with Crippen LogP contribution in [0.1, 0.15) is 66.2 Å². The zero-order chi connectivity index (χ0) is 18.4. The summed E-state index contributed by atoms with van der Waals surface area (Å²) < 4.78 is 5.29. The van der Waals surface area contributed by atoms with Crippen LogP contribution < -0.4 is 0 Å². The van der Waals surface area contributed by atoms with Gasteiger partial charge in [-0.25, -0.2) is 0 Å². The van der Waals surface area contributed by atoms with Gasteiger partial charge < -0.3 is 4.74 Å². The Balaban J connectivity index is 2.16. The molecule has 1 fully saturated rings. The highest BCUT2D eigenvalue weighted by molar-refractivity contribution is 5.82. The fourth-order valence-corrected chi connectivity index (χ4v) is 5.85. The highest BCUT2D eigenvalue weighted by atomic mass is 16.5. The molecule has 25 heavy (non-hydrogen) atoms. The van der Waals surface area contributed by atoms with E-state index >= 15 is 0 Å². The van der Waals surface area contributed by atoms with Crippen molar-refractivity contribution in [1.29, 1.82) is 0 Å². The third-order valence-electron chi connectivity index (χ3n) is 7.63. The van der Waals surface area contributed by atoms with E-state index in [-0.39, 0.29) is 11.4 Å². The average molecular weight is 344 g/mol. The second-order valence-electron chi connectivity index (χ2n) is 8.96. The summed E-state index contributed by atoms with van der Waals surface area (Å²) in [6, 6.07) is 0. The molecule has 1 saturated carbocycles. The topological polar surface area (TPSA) is 43.4 Å². The van der Waals surface area contributed by atoms with Crippen LogP contribution in [0.4, 0.5) is 0 Å². The lowest BCUT2D eigenvalue weighted by molar-refractivity contribution is -0.153. The molecule has 0 bridgehead atoms. The number of esters is 1. The Kier molecular flexibility index (Phi) is 4.72. The number of carbonyl (C=O) groups is 2. The van der Waals surface area contributed by atoms with Crippen molar-refractivity contribution in [2.24, 2.45) is 28.6 Å². The van der Waals surface area contributed by atoms with Gasteiger partial charge in [-0.05, 0) is 72.8 Å². The molecule has 138 valence electrons. The van der Waals surface area contributed by atoms with E-state index in [9.17, 15) is 9.59 Å². The molecule has 3 aliphatic rings. The van der Waals surface area contributed by atoms with Crippen LogP contribution in [0.3, 0.4) is 0 Å². The van der Waals surface area contributed by atoms with Crippen molar-refractivity contribution in [3.8, 4) is 0 Å². The average Bonchev–Trinajstić information content (AvgIpc) is 2.94. The van der Waals surface area contributed by atoms with Gasteiger partial charge in [0.1, 0.15) is 6.29 Å². The minimum atomic E-state index is -0.419. The number of allylic oxidation sites excluding steroid dienone is 3. The van der Waals surface area contributed by atoms with Crippen molar-refractivity contribution in [1.82, 2.24) is 0 Å². The van der Waals surface area contributed by atoms with Gasteiger partial charge >= 0.3 is 5.97 Å². The van der Waals surface area contributed by atoms with E-state index in [0.29, 0.717) is 17.8 Å². The van der Waals surface area contributed by atoms with Crippen molar-refractivity contribution in [2.75, 3.05) is 7.11 Å². The fourth-order valence-electron chi connectivity index (χ4n) is 5.85. The third-order valence-corrected chi connectivity index (χ3v) is 7.63. The van der Waals surface area contributed by atoms with Gasteiger partial charge in [0.05, 0.1) is 12.5 Å². The first kappa shape index (κ1) is 18.4. The quantitative estimate of drug-likeness (QED) is 0.417. The molecular weight excluding hydrogens is 312 g/mol. The maximum atomic E-state index is 12.9. The summed E-state index contributed by atoms with van der Waals surface area (Å²) in [5, 5.41) is 0. The van der Waals surface area contributed by atoms with Gasteiger partial charge in [-0.15, -0.1) is 0 Å². The smallest absolute Gasteiger partial charge is 0.315 e. The predicted molar refractivity (Wildman–Crippen MR) is 98.9 cm³/mol. The second kappa shape index (κ2) is 6.41. The zero-order valence-electron chi connectivity index (χ0n) is 16.4. The summed E-state index contributed by atoms with van der Waals surface area (Å²) >= 11 is 0.